The molecule has 0 bridgehead atoms. The van der Waals surface area contributed by atoms with Crippen LogP contribution >= 0.6 is 0 Å². The average molecular weight is 418 g/mol. The number of hydrogen-bond donors (Lipinski definition) is 0. The van der Waals surface area contributed by atoms with E-state index in [0.29, 0.717) is 30.1 Å². The predicted molar refractivity (Wildman–Crippen MR) is 122 cm³/mol. The Morgan fingerprint density at radius 2 is 1.93 bits per heavy atom. The minimum absolute atomic E-state index is 0.000863. The van der Waals surface area contributed by atoms with Crippen LogP contribution in [0.5, 0.6) is 0 Å². The summed E-state index contributed by atoms with van der Waals surface area (Å²) in [7, 11) is -1.88. The number of fused-ring (bicyclic) bond motifs is 1. The zero-order valence-corrected chi connectivity index (χ0v) is 20.5. The second-order valence-corrected chi connectivity index (χ2v) is 15.9. The van der Waals surface area contributed by atoms with Gasteiger partial charge in [-0.2, -0.15) is 0 Å². The van der Waals surface area contributed by atoms with Crippen LogP contribution in [0, 0.1) is 30.1 Å². The van der Waals surface area contributed by atoms with Crippen molar-refractivity contribution in [3.8, 4) is 0 Å². The molecular formula is C25H41O3Si. The highest BCUT2D eigenvalue weighted by Gasteiger charge is 2.42. The molecule has 0 N–H and O–H groups in total. The van der Waals surface area contributed by atoms with Crippen LogP contribution in [-0.2, 0) is 14.0 Å². The molecule has 3 rings (SSSR count). The van der Waals surface area contributed by atoms with Crippen molar-refractivity contribution in [3.05, 3.63) is 30.2 Å². The Bertz CT molecular complexity index is 657. The quantitative estimate of drug-likeness (QED) is 0.380. The summed E-state index contributed by atoms with van der Waals surface area (Å²) in [6, 6.07) is 0. The average Bonchev–Trinajstić information content (AvgIpc) is 2.59. The third-order valence-electron chi connectivity index (χ3n) is 7.66. The van der Waals surface area contributed by atoms with Crippen LogP contribution in [-0.4, -0.2) is 26.5 Å². The van der Waals surface area contributed by atoms with Gasteiger partial charge >= 0.3 is 5.97 Å². The van der Waals surface area contributed by atoms with Gasteiger partial charge in [0.2, 0.25) is 0 Å². The minimum Gasteiger partial charge on any atom is -0.462 e. The van der Waals surface area contributed by atoms with Crippen LogP contribution in [0.15, 0.2) is 23.8 Å². The van der Waals surface area contributed by atoms with Gasteiger partial charge < -0.3 is 9.16 Å². The lowest BCUT2D eigenvalue weighted by Gasteiger charge is -2.42. The fraction of sp³-hybridized carbons (Fsp3) is 0.760. The Hall–Kier alpha value is -0.873. The molecule has 3 nitrogen and oxygen atoms in total. The number of hydrogen-bond acceptors (Lipinski definition) is 3. The maximum absolute atomic E-state index is 12.3. The molecule has 2 aliphatic carbocycles. The molecule has 1 heterocycles. The Morgan fingerprint density at radius 3 is 2.62 bits per heavy atom. The van der Waals surface area contributed by atoms with Crippen molar-refractivity contribution >= 4 is 14.3 Å². The number of allylic oxidation sites excluding steroid dienone is 4. The number of carbonyl (C=O) groups excluding carboxylic acids is 1. The smallest absolute Gasteiger partial charge is 0.308 e. The number of carbonyl (C=O) groups is 1. The molecule has 1 fully saturated rings. The fourth-order valence-electron chi connectivity index (χ4n) is 4.85. The van der Waals surface area contributed by atoms with Crippen LogP contribution in [0.3, 0.4) is 0 Å². The first-order valence-corrected chi connectivity index (χ1v) is 14.5. The molecule has 163 valence electrons. The highest BCUT2D eigenvalue weighted by molar-refractivity contribution is 6.74. The molecule has 0 amide bonds. The number of rotatable bonds is 5. The number of ether oxygens (including phenoxy) is 1. The van der Waals surface area contributed by atoms with Crippen LogP contribution < -0.4 is 0 Å². The van der Waals surface area contributed by atoms with Crippen molar-refractivity contribution in [1.82, 2.24) is 0 Å². The van der Waals surface area contributed by atoms with E-state index in [1.165, 1.54) is 12.0 Å². The molecule has 6 atom stereocenters. The summed E-state index contributed by atoms with van der Waals surface area (Å²) in [5, 5.41) is 0.157. The Morgan fingerprint density at radius 1 is 1.21 bits per heavy atom. The first-order chi connectivity index (χ1) is 13.5. The molecular weight excluding hydrogens is 376 g/mol. The van der Waals surface area contributed by atoms with E-state index in [2.05, 4.69) is 72.4 Å². The Labute approximate surface area is 179 Å². The molecule has 0 aromatic heterocycles. The normalized spacial score (nSPS) is 35.7. The molecule has 4 heteroatoms. The highest BCUT2D eigenvalue weighted by Crippen LogP contribution is 2.44. The zero-order chi connectivity index (χ0) is 21.4. The highest BCUT2D eigenvalue weighted by atomic mass is 28.4. The fourth-order valence-corrected chi connectivity index (χ4v) is 6.22. The second-order valence-electron chi connectivity index (χ2n) is 11.2. The van der Waals surface area contributed by atoms with Gasteiger partial charge in [-0.1, -0.05) is 52.8 Å². The largest absolute Gasteiger partial charge is 0.462 e. The van der Waals surface area contributed by atoms with Crippen molar-refractivity contribution < 1.29 is 14.0 Å². The summed E-state index contributed by atoms with van der Waals surface area (Å²) >= 11 is 0. The topological polar surface area (TPSA) is 35.5 Å². The molecule has 0 spiro atoms. The number of esters is 1. The summed E-state index contributed by atoms with van der Waals surface area (Å²) in [6.07, 6.45) is 14.2. The molecule has 1 saturated heterocycles. The van der Waals surface area contributed by atoms with E-state index in [0.717, 1.165) is 19.3 Å². The lowest BCUT2D eigenvalue weighted by atomic mass is 9.66. The summed E-state index contributed by atoms with van der Waals surface area (Å²) in [6.45, 7) is 15.9. The third kappa shape index (κ3) is 5.44. The first kappa shape index (κ1) is 22.8. The van der Waals surface area contributed by atoms with Gasteiger partial charge in [0.25, 0.3) is 0 Å². The zero-order valence-electron chi connectivity index (χ0n) is 19.5. The summed E-state index contributed by atoms with van der Waals surface area (Å²) in [5.74, 6) is 2.30. The van der Waals surface area contributed by atoms with Crippen LogP contribution in [0.4, 0.5) is 0 Å². The van der Waals surface area contributed by atoms with E-state index in [-0.39, 0.29) is 23.2 Å². The minimum atomic E-state index is -1.88. The Balaban J connectivity index is 1.61. The Kier molecular flexibility index (Phi) is 6.84. The van der Waals surface area contributed by atoms with Crippen molar-refractivity contribution in [2.45, 2.75) is 97.1 Å². The van der Waals surface area contributed by atoms with E-state index >= 15 is 0 Å². The van der Waals surface area contributed by atoms with E-state index < -0.39 is 8.32 Å². The van der Waals surface area contributed by atoms with Gasteiger partial charge in [0.05, 0.1) is 12.5 Å². The molecule has 29 heavy (non-hydrogen) atoms. The maximum Gasteiger partial charge on any atom is 0.308 e. The molecule has 0 saturated carbocycles. The van der Waals surface area contributed by atoms with E-state index in [1.807, 2.05) is 0 Å². The van der Waals surface area contributed by atoms with Gasteiger partial charge in [0.15, 0.2) is 8.32 Å². The lowest BCUT2D eigenvalue weighted by molar-refractivity contribution is -0.160. The van der Waals surface area contributed by atoms with Crippen molar-refractivity contribution in [1.29, 1.82) is 0 Å². The van der Waals surface area contributed by atoms with Crippen LogP contribution in [0.2, 0.25) is 18.1 Å². The van der Waals surface area contributed by atoms with E-state index in [9.17, 15) is 4.79 Å². The molecule has 1 radical (unpaired) electrons. The first-order valence-electron chi connectivity index (χ1n) is 11.6. The molecule has 0 aromatic carbocycles. The van der Waals surface area contributed by atoms with Gasteiger partial charge in [0.1, 0.15) is 6.10 Å². The van der Waals surface area contributed by atoms with Gasteiger partial charge in [-0.3, -0.25) is 4.79 Å². The maximum atomic E-state index is 12.3. The van der Waals surface area contributed by atoms with Gasteiger partial charge in [-0.05, 0) is 73.1 Å². The lowest BCUT2D eigenvalue weighted by Crippen LogP contribution is -2.47. The third-order valence-corrected chi connectivity index (χ3v) is 12.2. The van der Waals surface area contributed by atoms with Crippen molar-refractivity contribution in [2.75, 3.05) is 0 Å². The SMILES string of the molecule is C[C@H]1C=C2C=C[C@H](C)[C@H](CC[C@H]3C[C@H](O[Si](C)(C)C(C)(C)C)CC(=O)O3)[C@H]2[CH]C1. The summed E-state index contributed by atoms with van der Waals surface area (Å²) in [5.41, 5.74) is 1.49. The summed E-state index contributed by atoms with van der Waals surface area (Å²) in [4.78, 5) is 12.3. The van der Waals surface area contributed by atoms with Crippen molar-refractivity contribution in [2.24, 2.45) is 23.7 Å². The van der Waals surface area contributed by atoms with E-state index in [4.69, 9.17) is 9.16 Å². The van der Waals surface area contributed by atoms with Gasteiger partial charge in [-0.25, -0.2) is 0 Å². The number of cyclic esters (lactones) is 1. The van der Waals surface area contributed by atoms with E-state index in [1.54, 1.807) is 0 Å². The molecule has 0 unspecified atom stereocenters. The van der Waals surface area contributed by atoms with Gasteiger partial charge in [0, 0.05) is 6.42 Å². The monoisotopic (exact) mass is 417 g/mol. The molecule has 0 aromatic rings. The molecule has 3 aliphatic rings. The second kappa shape index (κ2) is 8.70. The van der Waals surface area contributed by atoms with Crippen molar-refractivity contribution in [3.63, 3.8) is 0 Å². The van der Waals surface area contributed by atoms with Gasteiger partial charge in [-0.15, -0.1) is 0 Å². The predicted octanol–water partition coefficient (Wildman–Crippen LogP) is 6.47. The van der Waals surface area contributed by atoms with Crippen LogP contribution in [0.25, 0.3) is 0 Å². The standard InChI is InChI=1S/C25H41O3Si/c1-17-8-12-23-19(14-17)10-9-18(2)22(23)13-11-20-15-21(16-24(26)27-20)28-29(6,7)25(3,4)5/h9-10,12,14,17-18,20-23H,8,11,13,15-16H2,1-7H3/t17-,18+,20+,21+,22+,23+/m1/s1. The molecule has 1 aliphatic heterocycles. The van der Waals surface area contributed by atoms with Crippen LogP contribution in [0.1, 0.15) is 66.7 Å². The summed E-state index contributed by atoms with van der Waals surface area (Å²) < 4.78 is 12.3.